The Bertz CT molecular complexity index is 564. The van der Waals surface area contributed by atoms with Gasteiger partial charge in [-0.3, -0.25) is 4.79 Å². The lowest BCUT2D eigenvalue weighted by atomic mass is 10.0. The number of rotatable bonds is 7. The predicted octanol–water partition coefficient (Wildman–Crippen LogP) is 4.45. The first-order chi connectivity index (χ1) is 10.2. The third-order valence-corrected chi connectivity index (χ3v) is 4.57. The van der Waals surface area contributed by atoms with Crippen LogP contribution in [0.15, 0.2) is 54.6 Å². The molecule has 2 rings (SSSR count). The smallest absolute Gasteiger partial charge is 0.166 e. The van der Waals surface area contributed by atoms with Gasteiger partial charge in [-0.25, -0.2) is 0 Å². The Morgan fingerprint density at radius 1 is 1.10 bits per heavy atom. The van der Waals surface area contributed by atoms with Crippen LogP contribution in [-0.4, -0.2) is 18.6 Å². The van der Waals surface area contributed by atoms with Crippen LogP contribution >= 0.6 is 11.8 Å². The molecule has 2 aromatic carbocycles. The molecule has 0 spiro atoms. The largest absolute Gasteiger partial charge is 0.497 e. The maximum Gasteiger partial charge on any atom is 0.166 e. The standard InChI is InChI=1S/C18H20O2S/c1-14(18(19)16-6-4-3-5-7-16)12-21-13-15-8-10-17(20-2)11-9-15/h3-11,14H,12-13H2,1-2H3/t14-/m0/s1. The van der Waals surface area contributed by atoms with Crippen LogP contribution in [-0.2, 0) is 5.75 Å². The molecular formula is C18H20O2S. The molecule has 0 radical (unpaired) electrons. The van der Waals surface area contributed by atoms with Gasteiger partial charge in [-0.15, -0.1) is 0 Å². The van der Waals surface area contributed by atoms with E-state index < -0.39 is 0 Å². The summed E-state index contributed by atoms with van der Waals surface area (Å²) in [4.78, 5) is 12.2. The first kappa shape index (κ1) is 15.6. The predicted molar refractivity (Wildman–Crippen MR) is 89.1 cm³/mol. The van der Waals surface area contributed by atoms with E-state index in [1.54, 1.807) is 18.9 Å². The van der Waals surface area contributed by atoms with Crippen molar-refractivity contribution >= 4 is 17.5 Å². The lowest BCUT2D eigenvalue weighted by Crippen LogP contribution is -2.13. The summed E-state index contributed by atoms with van der Waals surface area (Å²) in [5, 5.41) is 0. The SMILES string of the molecule is COc1ccc(CSC[C@H](C)C(=O)c2ccccc2)cc1. The molecule has 2 nitrogen and oxygen atoms in total. The van der Waals surface area contributed by atoms with Gasteiger partial charge in [-0.2, -0.15) is 11.8 Å². The number of ketones is 1. The van der Waals surface area contributed by atoms with Crippen molar-refractivity contribution in [1.29, 1.82) is 0 Å². The molecular weight excluding hydrogens is 280 g/mol. The van der Waals surface area contributed by atoms with Crippen LogP contribution in [0.1, 0.15) is 22.8 Å². The number of benzene rings is 2. The minimum absolute atomic E-state index is 0.0376. The number of hydrogen-bond donors (Lipinski definition) is 0. The van der Waals surface area contributed by atoms with Gasteiger partial charge in [-0.05, 0) is 17.7 Å². The average Bonchev–Trinajstić information content (AvgIpc) is 2.55. The van der Waals surface area contributed by atoms with Crippen molar-refractivity contribution in [3.63, 3.8) is 0 Å². The van der Waals surface area contributed by atoms with Crippen LogP contribution in [0.3, 0.4) is 0 Å². The van der Waals surface area contributed by atoms with Gasteiger partial charge in [-0.1, -0.05) is 49.4 Å². The second-order valence-corrected chi connectivity index (χ2v) is 6.02. The average molecular weight is 300 g/mol. The van der Waals surface area contributed by atoms with Crippen LogP contribution in [0.2, 0.25) is 0 Å². The number of hydrogen-bond acceptors (Lipinski definition) is 3. The van der Waals surface area contributed by atoms with Crippen LogP contribution in [0.5, 0.6) is 5.75 Å². The van der Waals surface area contributed by atoms with Crippen molar-refractivity contribution in [2.24, 2.45) is 5.92 Å². The van der Waals surface area contributed by atoms with Crippen LogP contribution in [0.4, 0.5) is 0 Å². The van der Waals surface area contributed by atoms with Crippen molar-refractivity contribution in [3.8, 4) is 5.75 Å². The molecule has 21 heavy (non-hydrogen) atoms. The number of methoxy groups -OCH3 is 1. The lowest BCUT2D eigenvalue weighted by molar-refractivity contribution is 0.0942. The number of carbonyl (C=O) groups is 1. The molecule has 0 aliphatic carbocycles. The molecule has 110 valence electrons. The number of thioether (sulfide) groups is 1. The number of ether oxygens (including phenoxy) is 1. The van der Waals surface area contributed by atoms with Gasteiger partial charge in [0.1, 0.15) is 5.75 Å². The first-order valence-electron chi connectivity index (χ1n) is 7.00. The topological polar surface area (TPSA) is 26.3 Å². The van der Waals surface area contributed by atoms with Gasteiger partial charge >= 0.3 is 0 Å². The van der Waals surface area contributed by atoms with Crippen LogP contribution in [0.25, 0.3) is 0 Å². The molecule has 1 atom stereocenters. The molecule has 0 aliphatic rings. The van der Waals surface area contributed by atoms with Gasteiger partial charge in [0, 0.05) is 23.0 Å². The highest BCUT2D eigenvalue weighted by molar-refractivity contribution is 7.98. The monoisotopic (exact) mass is 300 g/mol. The van der Waals surface area contributed by atoms with E-state index in [4.69, 9.17) is 4.74 Å². The summed E-state index contributed by atoms with van der Waals surface area (Å²) >= 11 is 1.79. The van der Waals surface area contributed by atoms with E-state index in [9.17, 15) is 4.79 Å². The molecule has 0 amide bonds. The van der Waals surface area contributed by atoms with E-state index in [2.05, 4.69) is 12.1 Å². The molecule has 0 unspecified atom stereocenters. The Morgan fingerprint density at radius 3 is 2.38 bits per heavy atom. The fourth-order valence-corrected chi connectivity index (χ4v) is 3.09. The van der Waals surface area contributed by atoms with Crippen molar-refractivity contribution in [3.05, 3.63) is 65.7 Å². The Hall–Kier alpha value is -1.74. The summed E-state index contributed by atoms with van der Waals surface area (Å²) in [6.45, 7) is 2.00. The molecule has 0 N–H and O–H groups in total. The van der Waals surface area contributed by atoms with Crippen molar-refractivity contribution in [2.45, 2.75) is 12.7 Å². The Balaban J connectivity index is 1.81. The number of carbonyl (C=O) groups excluding carboxylic acids is 1. The van der Waals surface area contributed by atoms with Gasteiger partial charge in [0.15, 0.2) is 5.78 Å². The molecule has 2 aromatic rings. The summed E-state index contributed by atoms with van der Waals surface area (Å²) in [6.07, 6.45) is 0. The second kappa shape index (κ2) is 7.89. The van der Waals surface area contributed by atoms with E-state index in [1.807, 2.05) is 49.4 Å². The maximum atomic E-state index is 12.2. The Kier molecular flexibility index (Phi) is 5.88. The zero-order valence-electron chi connectivity index (χ0n) is 12.4. The summed E-state index contributed by atoms with van der Waals surface area (Å²) < 4.78 is 5.14. The van der Waals surface area contributed by atoms with E-state index in [-0.39, 0.29) is 11.7 Å². The zero-order chi connectivity index (χ0) is 15.1. The lowest BCUT2D eigenvalue weighted by Gasteiger charge is -2.10. The highest BCUT2D eigenvalue weighted by Crippen LogP contribution is 2.20. The fraction of sp³-hybridized carbons (Fsp3) is 0.278. The third kappa shape index (κ3) is 4.64. The zero-order valence-corrected chi connectivity index (χ0v) is 13.2. The van der Waals surface area contributed by atoms with Gasteiger partial charge in [0.25, 0.3) is 0 Å². The number of Topliss-reactive ketones (excluding diaryl/α,β-unsaturated/α-hetero) is 1. The minimum Gasteiger partial charge on any atom is -0.497 e. The van der Waals surface area contributed by atoms with Crippen molar-refractivity contribution in [1.82, 2.24) is 0 Å². The molecule has 0 aromatic heterocycles. The molecule has 0 aliphatic heterocycles. The summed E-state index contributed by atoms with van der Waals surface area (Å²) in [6, 6.07) is 17.6. The molecule has 0 saturated carbocycles. The van der Waals surface area contributed by atoms with E-state index in [1.165, 1.54) is 5.56 Å². The highest BCUT2D eigenvalue weighted by Gasteiger charge is 2.14. The van der Waals surface area contributed by atoms with E-state index in [0.717, 1.165) is 22.8 Å². The second-order valence-electron chi connectivity index (χ2n) is 4.99. The highest BCUT2D eigenvalue weighted by atomic mass is 32.2. The van der Waals surface area contributed by atoms with E-state index >= 15 is 0 Å². The van der Waals surface area contributed by atoms with Crippen LogP contribution in [0, 0.1) is 5.92 Å². The third-order valence-electron chi connectivity index (χ3n) is 3.30. The van der Waals surface area contributed by atoms with Crippen LogP contribution < -0.4 is 4.74 Å². The summed E-state index contributed by atoms with van der Waals surface area (Å²) in [7, 11) is 1.67. The van der Waals surface area contributed by atoms with Gasteiger partial charge < -0.3 is 4.74 Å². The quantitative estimate of drug-likeness (QED) is 0.707. The molecule has 0 bridgehead atoms. The maximum absolute atomic E-state index is 12.2. The normalized spacial score (nSPS) is 11.9. The summed E-state index contributed by atoms with van der Waals surface area (Å²) in [5.74, 6) is 2.88. The van der Waals surface area contributed by atoms with Gasteiger partial charge in [0.05, 0.1) is 7.11 Å². The van der Waals surface area contributed by atoms with Gasteiger partial charge in [0.2, 0.25) is 0 Å². The van der Waals surface area contributed by atoms with E-state index in [0.29, 0.717) is 0 Å². The molecule has 0 saturated heterocycles. The van der Waals surface area contributed by atoms with Crippen molar-refractivity contribution in [2.75, 3.05) is 12.9 Å². The molecule has 0 fully saturated rings. The first-order valence-corrected chi connectivity index (χ1v) is 8.16. The minimum atomic E-state index is 0.0376. The Morgan fingerprint density at radius 2 is 1.76 bits per heavy atom. The molecule has 3 heteroatoms. The van der Waals surface area contributed by atoms with Crippen molar-refractivity contribution < 1.29 is 9.53 Å². The summed E-state index contributed by atoms with van der Waals surface area (Å²) in [5.41, 5.74) is 2.05. The Labute approximate surface area is 130 Å². The fourth-order valence-electron chi connectivity index (χ4n) is 2.04. The molecule has 0 heterocycles.